The van der Waals surface area contributed by atoms with Gasteiger partial charge in [-0.3, -0.25) is 4.79 Å². The number of carbonyl (C=O) groups excluding carboxylic acids is 1. The average Bonchev–Trinajstić information content (AvgIpc) is 2.61. The molecule has 2 rings (SSSR count). The van der Waals surface area contributed by atoms with E-state index in [-0.39, 0.29) is 12.5 Å². The van der Waals surface area contributed by atoms with Crippen molar-refractivity contribution in [3.63, 3.8) is 0 Å². The van der Waals surface area contributed by atoms with Crippen molar-refractivity contribution in [1.82, 2.24) is 5.43 Å². The van der Waals surface area contributed by atoms with Crippen LogP contribution in [0.3, 0.4) is 0 Å². The summed E-state index contributed by atoms with van der Waals surface area (Å²) < 4.78 is 5.08. The third-order valence-corrected chi connectivity index (χ3v) is 3.33. The number of methoxy groups -OCH3 is 1. The minimum absolute atomic E-state index is 0.151. The van der Waals surface area contributed by atoms with Gasteiger partial charge in [0, 0.05) is 5.69 Å². The highest BCUT2D eigenvalue weighted by atomic mass is 16.5. The Kier molecular flexibility index (Phi) is 6.17. The van der Waals surface area contributed by atoms with Gasteiger partial charge in [-0.05, 0) is 41.8 Å². The topological polar surface area (TPSA) is 62.7 Å². The van der Waals surface area contributed by atoms with Gasteiger partial charge in [0.1, 0.15) is 5.75 Å². The second kappa shape index (κ2) is 8.58. The van der Waals surface area contributed by atoms with Gasteiger partial charge in [-0.25, -0.2) is 5.43 Å². The molecule has 0 spiro atoms. The Hall–Kier alpha value is -2.82. The number of carbonyl (C=O) groups is 1. The Morgan fingerprint density at radius 3 is 2.43 bits per heavy atom. The molecule has 0 saturated heterocycles. The van der Waals surface area contributed by atoms with Gasteiger partial charge >= 0.3 is 0 Å². The number of rotatable bonds is 7. The molecule has 2 aromatic carbocycles. The Morgan fingerprint density at radius 2 is 1.83 bits per heavy atom. The number of nitrogens with one attached hydrogen (secondary N) is 2. The fourth-order valence-electron chi connectivity index (χ4n) is 1.95. The van der Waals surface area contributed by atoms with Crippen molar-refractivity contribution in [3.05, 3.63) is 59.7 Å². The van der Waals surface area contributed by atoms with E-state index < -0.39 is 0 Å². The predicted octanol–water partition coefficient (Wildman–Crippen LogP) is 2.82. The number of hydrogen-bond donors (Lipinski definition) is 2. The summed E-state index contributed by atoms with van der Waals surface area (Å²) in [4.78, 5) is 11.7. The van der Waals surface area contributed by atoms with E-state index in [1.54, 1.807) is 13.3 Å². The number of benzene rings is 2. The van der Waals surface area contributed by atoms with Crippen LogP contribution in [-0.2, 0) is 11.2 Å². The van der Waals surface area contributed by atoms with E-state index >= 15 is 0 Å². The second-order valence-electron chi connectivity index (χ2n) is 4.97. The summed E-state index contributed by atoms with van der Waals surface area (Å²) in [5, 5.41) is 6.97. The molecule has 0 radical (unpaired) electrons. The van der Waals surface area contributed by atoms with Crippen molar-refractivity contribution in [2.24, 2.45) is 5.10 Å². The number of ether oxygens (including phenoxy) is 1. The molecule has 0 aliphatic rings. The van der Waals surface area contributed by atoms with Crippen molar-refractivity contribution < 1.29 is 9.53 Å². The molecule has 120 valence electrons. The molecule has 0 heterocycles. The van der Waals surface area contributed by atoms with E-state index in [1.165, 1.54) is 5.56 Å². The predicted molar refractivity (Wildman–Crippen MR) is 93.0 cm³/mol. The Labute approximate surface area is 136 Å². The van der Waals surface area contributed by atoms with Gasteiger partial charge < -0.3 is 10.1 Å². The first-order chi connectivity index (χ1) is 11.2. The molecule has 23 heavy (non-hydrogen) atoms. The minimum atomic E-state index is -0.206. The molecule has 5 nitrogen and oxygen atoms in total. The van der Waals surface area contributed by atoms with Crippen LogP contribution < -0.4 is 15.5 Å². The van der Waals surface area contributed by atoms with Crippen molar-refractivity contribution in [2.45, 2.75) is 13.3 Å². The largest absolute Gasteiger partial charge is 0.497 e. The van der Waals surface area contributed by atoms with Crippen LogP contribution in [0.4, 0.5) is 5.69 Å². The third kappa shape index (κ3) is 5.47. The number of hydrazone groups is 1. The summed E-state index contributed by atoms with van der Waals surface area (Å²) in [5.74, 6) is 0.570. The standard InChI is InChI=1S/C18H21N3O2/c1-3-14-4-6-15(7-5-14)12-20-21-18(22)13-19-16-8-10-17(23-2)11-9-16/h4-12,19H,3,13H2,1-2H3,(H,21,22)/b20-12+. The van der Waals surface area contributed by atoms with Gasteiger partial charge in [-0.2, -0.15) is 5.10 Å². The summed E-state index contributed by atoms with van der Waals surface area (Å²) in [5.41, 5.74) is 5.57. The zero-order valence-corrected chi connectivity index (χ0v) is 13.4. The van der Waals surface area contributed by atoms with E-state index in [2.05, 4.69) is 34.9 Å². The van der Waals surface area contributed by atoms with Crippen LogP contribution in [0.15, 0.2) is 53.6 Å². The number of amides is 1. The second-order valence-corrected chi connectivity index (χ2v) is 4.97. The maximum Gasteiger partial charge on any atom is 0.259 e. The van der Waals surface area contributed by atoms with E-state index in [0.29, 0.717) is 0 Å². The van der Waals surface area contributed by atoms with Crippen LogP contribution in [-0.4, -0.2) is 25.8 Å². The van der Waals surface area contributed by atoms with Crippen molar-refractivity contribution in [2.75, 3.05) is 19.0 Å². The lowest BCUT2D eigenvalue weighted by Gasteiger charge is -2.06. The molecule has 0 saturated carbocycles. The van der Waals surface area contributed by atoms with Gasteiger partial charge in [0.15, 0.2) is 0 Å². The fourth-order valence-corrected chi connectivity index (χ4v) is 1.95. The maximum atomic E-state index is 11.7. The number of anilines is 1. The molecule has 0 aliphatic heterocycles. The molecular formula is C18H21N3O2. The molecule has 5 heteroatoms. The Balaban J connectivity index is 1.76. The Morgan fingerprint density at radius 1 is 1.13 bits per heavy atom. The van der Waals surface area contributed by atoms with E-state index in [0.717, 1.165) is 23.4 Å². The lowest BCUT2D eigenvalue weighted by atomic mass is 10.1. The molecule has 0 atom stereocenters. The highest BCUT2D eigenvalue weighted by Gasteiger charge is 1.99. The lowest BCUT2D eigenvalue weighted by Crippen LogP contribution is -2.25. The fraction of sp³-hybridized carbons (Fsp3) is 0.222. The lowest BCUT2D eigenvalue weighted by molar-refractivity contribution is -0.119. The highest BCUT2D eigenvalue weighted by Crippen LogP contribution is 2.14. The van der Waals surface area contributed by atoms with Gasteiger partial charge in [-0.15, -0.1) is 0 Å². The molecular weight excluding hydrogens is 290 g/mol. The van der Waals surface area contributed by atoms with Crippen molar-refractivity contribution in [1.29, 1.82) is 0 Å². The normalized spacial score (nSPS) is 10.5. The summed E-state index contributed by atoms with van der Waals surface area (Å²) >= 11 is 0. The highest BCUT2D eigenvalue weighted by molar-refractivity contribution is 5.84. The summed E-state index contributed by atoms with van der Waals surface area (Å²) in [6.07, 6.45) is 2.63. The van der Waals surface area contributed by atoms with Crippen LogP contribution >= 0.6 is 0 Å². The van der Waals surface area contributed by atoms with Crippen LogP contribution in [0, 0.1) is 0 Å². The van der Waals surface area contributed by atoms with Crippen molar-refractivity contribution >= 4 is 17.8 Å². The average molecular weight is 311 g/mol. The molecule has 0 aliphatic carbocycles. The van der Waals surface area contributed by atoms with Gasteiger partial charge in [0.25, 0.3) is 5.91 Å². The van der Waals surface area contributed by atoms with Crippen LogP contribution in [0.25, 0.3) is 0 Å². The number of nitrogens with zero attached hydrogens (tertiary/aromatic N) is 1. The summed E-state index contributed by atoms with van der Waals surface area (Å²) in [7, 11) is 1.61. The summed E-state index contributed by atoms with van der Waals surface area (Å²) in [6.45, 7) is 2.26. The summed E-state index contributed by atoms with van der Waals surface area (Å²) in [6, 6.07) is 15.4. The Bertz CT molecular complexity index is 649. The molecule has 0 aromatic heterocycles. The quantitative estimate of drug-likeness (QED) is 0.610. The van der Waals surface area contributed by atoms with Crippen molar-refractivity contribution in [3.8, 4) is 5.75 Å². The van der Waals surface area contributed by atoms with E-state index in [4.69, 9.17) is 4.74 Å². The maximum absolute atomic E-state index is 11.7. The first-order valence-corrected chi connectivity index (χ1v) is 7.50. The van der Waals surface area contributed by atoms with E-state index in [9.17, 15) is 4.79 Å². The van der Waals surface area contributed by atoms with Gasteiger partial charge in [-0.1, -0.05) is 31.2 Å². The molecule has 2 N–H and O–H groups in total. The molecule has 2 aromatic rings. The monoisotopic (exact) mass is 311 g/mol. The van der Waals surface area contributed by atoms with Gasteiger partial charge in [0.2, 0.25) is 0 Å². The smallest absolute Gasteiger partial charge is 0.259 e. The first-order valence-electron chi connectivity index (χ1n) is 7.50. The van der Waals surface area contributed by atoms with Crippen LogP contribution in [0.1, 0.15) is 18.1 Å². The third-order valence-electron chi connectivity index (χ3n) is 3.33. The molecule has 0 fully saturated rings. The van der Waals surface area contributed by atoms with E-state index in [1.807, 2.05) is 36.4 Å². The SMILES string of the molecule is CCc1ccc(/C=N/NC(=O)CNc2ccc(OC)cc2)cc1. The molecule has 1 amide bonds. The zero-order chi connectivity index (χ0) is 16.5. The minimum Gasteiger partial charge on any atom is -0.497 e. The van der Waals surface area contributed by atoms with Crippen LogP contribution in [0.5, 0.6) is 5.75 Å². The van der Waals surface area contributed by atoms with Crippen LogP contribution in [0.2, 0.25) is 0 Å². The molecule has 0 bridgehead atoms. The number of hydrogen-bond acceptors (Lipinski definition) is 4. The van der Waals surface area contributed by atoms with Gasteiger partial charge in [0.05, 0.1) is 19.9 Å². The number of aryl methyl sites for hydroxylation is 1. The molecule has 0 unspecified atom stereocenters. The first kappa shape index (κ1) is 16.5. The zero-order valence-electron chi connectivity index (χ0n) is 13.4.